The summed E-state index contributed by atoms with van der Waals surface area (Å²) in [6.45, 7) is -2.98. The fourth-order valence-electron chi connectivity index (χ4n) is 1.90. The van der Waals surface area contributed by atoms with Crippen LogP contribution in [0.5, 0.6) is 5.75 Å². The summed E-state index contributed by atoms with van der Waals surface area (Å²) in [4.78, 5) is 12.3. The van der Waals surface area contributed by atoms with E-state index in [1.165, 1.54) is 42.5 Å². The molecule has 25 heavy (non-hydrogen) atoms. The third-order valence-corrected chi connectivity index (χ3v) is 3.76. The van der Waals surface area contributed by atoms with Gasteiger partial charge in [0.25, 0.3) is 5.91 Å². The lowest BCUT2D eigenvalue weighted by atomic mass is 10.2. The highest BCUT2D eigenvalue weighted by Crippen LogP contribution is 2.25. The molecule has 2 N–H and O–H groups in total. The van der Waals surface area contributed by atoms with Crippen molar-refractivity contribution in [3.05, 3.63) is 53.1 Å². The van der Waals surface area contributed by atoms with Crippen LogP contribution < -0.4 is 14.8 Å². The van der Waals surface area contributed by atoms with E-state index in [0.29, 0.717) is 0 Å². The molecule has 0 heterocycles. The Kier molecular flexibility index (Phi) is 5.81. The number of halogens is 3. The van der Waals surface area contributed by atoms with E-state index in [0.717, 1.165) is 6.26 Å². The Hall–Kier alpha value is -2.39. The lowest BCUT2D eigenvalue weighted by Gasteiger charge is -2.10. The highest BCUT2D eigenvalue weighted by Gasteiger charge is 2.13. The van der Waals surface area contributed by atoms with E-state index in [1.807, 2.05) is 0 Å². The SMILES string of the molecule is CS(=O)(=O)Nc1cc(C(=O)Nc2cccc(OC(F)F)c2)ccc1Cl. The summed E-state index contributed by atoms with van der Waals surface area (Å²) in [5, 5.41) is 2.62. The Bertz CT molecular complexity index is 891. The van der Waals surface area contributed by atoms with Crippen LogP contribution in [-0.4, -0.2) is 27.2 Å². The van der Waals surface area contributed by atoms with Crippen molar-refractivity contribution in [2.75, 3.05) is 16.3 Å². The van der Waals surface area contributed by atoms with Crippen LogP contribution in [0.1, 0.15) is 10.4 Å². The highest BCUT2D eigenvalue weighted by molar-refractivity contribution is 7.92. The van der Waals surface area contributed by atoms with Crippen LogP contribution in [0.25, 0.3) is 0 Å². The highest BCUT2D eigenvalue weighted by atomic mass is 35.5. The van der Waals surface area contributed by atoms with Crippen LogP contribution in [0.2, 0.25) is 5.02 Å². The first-order valence-electron chi connectivity index (χ1n) is 6.77. The van der Waals surface area contributed by atoms with Crippen LogP contribution >= 0.6 is 11.6 Å². The number of ether oxygens (including phenoxy) is 1. The second kappa shape index (κ2) is 7.66. The van der Waals surface area contributed by atoms with Crippen molar-refractivity contribution >= 4 is 38.9 Å². The van der Waals surface area contributed by atoms with Gasteiger partial charge in [-0.15, -0.1) is 0 Å². The number of anilines is 2. The largest absolute Gasteiger partial charge is 0.435 e. The van der Waals surface area contributed by atoms with Crippen LogP contribution in [-0.2, 0) is 10.0 Å². The minimum atomic E-state index is -3.57. The molecule has 0 aliphatic heterocycles. The molecule has 1 amide bonds. The maximum atomic E-state index is 12.3. The van der Waals surface area contributed by atoms with Gasteiger partial charge >= 0.3 is 6.61 Å². The molecule has 0 aromatic heterocycles. The zero-order valence-corrected chi connectivity index (χ0v) is 14.4. The molecule has 0 bridgehead atoms. The third kappa shape index (κ3) is 5.87. The standard InChI is InChI=1S/C15H13ClF2N2O4S/c1-25(22,23)20-13-7-9(5-6-12(13)16)14(21)19-10-3-2-4-11(8-10)24-15(17)18/h2-8,15,20H,1H3,(H,19,21). The molecule has 0 unspecified atom stereocenters. The van der Waals surface area contributed by atoms with E-state index in [2.05, 4.69) is 14.8 Å². The number of hydrogen-bond acceptors (Lipinski definition) is 4. The van der Waals surface area contributed by atoms with Gasteiger partial charge in [-0.1, -0.05) is 17.7 Å². The summed E-state index contributed by atoms with van der Waals surface area (Å²) in [5.41, 5.74) is 0.401. The Labute approximate surface area is 147 Å². The first kappa shape index (κ1) is 18.9. The molecule has 0 saturated carbocycles. The molecular weight excluding hydrogens is 378 g/mol. The second-order valence-corrected chi connectivity index (χ2v) is 7.08. The van der Waals surface area contributed by atoms with E-state index in [-0.39, 0.29) is 27.7 Å². The molecule has 134 valence electrons. The van der Waals surface area contributed by atoms with Gasteiger partial charge in [0.1, 0.15) is 5.75 Å². The summed E-state index contributed by atoms with van der Waals surface area (Å²) in [6.07, 6.45) is 0.949. The molecule has 0 radical (unpaired) electrons. The number of rotatable bonds is 6. The molecule has 0 aliphatic carbocycles. The maximum Gasteiger partial charge on any atom is 0.387 e. The first-order valence-corrected chi connectivity index (χ1v) is 9.04. The van der Waals surface area contributed by atoms with Crippen molar-refractivity contribution in [3.63, 3.8) is 0 Å². The number of amides is 1. The number of carbonyl (C=O) groups excluding carboxylic acids is 1. The molecule has 0 aliphatic rings. The quantitative estimate of drug-likeness (QED) is 0.789. The van der Waals surface area contributed by atoms with E-state index in [9.17, 15) is 22.0 Å². The zero-order chi connectivity index (χ0) is 18.6. The summed E-state index contributed by atoms with van der Waals surface area (Å²) in [7, 11) is -3.57. The van der Waals surface area contributed by atoms with Crippen molar-refractivity contribution in [3.8, 4) is 5.75 Å². The van der Waals surface area contributed by atoms with Crippen molar-refractivity contribution in [1.29, 1.82) is 0 Å². The molecule has 2 rings (SSSR count). The topological polar surface area (TPSA) is 84.5 Å². The van der Waals surface area contributed by atoms with Gasteiger partial charge in [-0.3, -0.25) is 9.52 Å². The molecule has 2 aromatic rings. The van der Waals surface area contributed by atoms with E-state index in [4.69, 9.17) is 11.6 Å². The van der Waals surface area contributed by atoms with Gasteiger partial charge in [0.05, 0.1) is 17.0 Å². The molecule has 0 fully saturated rings. The number of alkyl halides is 2. The van der Waals surface area contributed by atoms with Gasteiger partial charge in [-0.25, -0.2) is 8.42 Å². The van der Waals surface area contributed by atoms with Gasteiger partial charge in [-0.05, 0) is 30.3 Å². The van der Waals surface area contributed by atoms with Crippen LogP contribution in [0.4, 0.5) is 20.2 Å². The minimum Gasteiger partial charge on any atom is -0.435 e. The Balaban J connectivity index is 2.20. The molecule has 6 nitrogen and oxygen atoms in total. The second-order valence-electron chi connectivity index (χ2n) is 4.93. The molecular formula is C15H13ClF2N2O4S. The van der Waals surface area contributed by atoms with Crippen LogP contribution in [0, 0.1) is 0 Å². The van der Waals surface area contributed by atoms with Gasteiger partial charge in [0.2, 0.25) is 10.0 Å². The number of nitrogens with one attached hydrogen (secondary N) is 2. The average molecular weight is 391 g/mol. The van der Waals surface area contributed by atoms with Crippen molar-refractivity contribution in [1.82, 2.24) is 0 Å². The smallest absolute Gasteiger partial charge is 0.387 e. The maximum absolute atomic E-state index is 12.3. The fourth-order valence-corrected chi connectivity index (χ4v) is 2.69. The van der Waals surface area contributed by atoms with Crippen LogP contribution in [0.3, 0.4) is 0 Å². The van der Waals surface area contributed by atoms with Gasteiger partial charge in [0.15, 0.2) is 0 Å². The van der Waals surface area contributed by atoms with Gasteiger partial charge < -0.3 is 10.1 Å². The predicted molar refractivity (Wildman–Crippen MR) is 90.9 cm³/mol. The average Bonchev–Trinajstić information content (AvgIpc) is 2.47. The van der Waals surface area contributed by atoms with E-state index >= 15 is 0 Å². The monoisotopic (exact) mass is 390 g/mol. The van der Waals surface area contributed by atoms with Gasteiger partial charge in [-0.2, -0.15) is 8.78 Å². The summed E-state index contributed by atoms with van der Waals surface area (Å²) in [5.74, 6) is -0.689. The van der Waals surface area contributed by atoms with Crippen molar-refractivity contribution in [2.24, 2.45) is 0 Å². The lowest BCUT2D eigenvalue weighted by Crippen LogP contribution is -2.14. The number of hydrogen-bond donors (Lipinski definition) is 2. The van der Waals surface area contributed by atoms with Crippen molar-refractivity contribution in [2.45, 2.75) is 6.61 Å². The lowest BCUT2D eigenvalue weighted by molar-refractivity contribution is -0.0498. The van der Waals surface area contributed by atoms with E-state index in [1.54, 1.807) is 0 Å². The Morgan fingerprint density at radius 2 is 1.92 bits per heavy atom. The zero-order valence-electron chi connectivity index (χ0n) is 12.8. The predicted octanol–water partition coefficient (Wildman–Crippen LogP) is 3.57. The number of benzene rings is 2. The van der Waals surface area contributed by atoms with Crippen molar-refractivity contribution < 1.29 is 26.7 Å². The molecule has 0 atom stereocenters. The summed E-state index contributed by atoms with van der Waals surface area (Å²) >= 11 is 5.89. The molecule has 2 aromatic carbocycles. The number of sulfonamides is 1. The molecule has 0 saturated heterocycles. The Morgan fingerprint density at radius 3 is 2.56 bits per heavy atom. The molecule has 10 heteroatoms. The van der Waals surface area contributed by atoms with Gasteiger partial charge in [0, 0.05) is 17.3 Å². The fraction of sp³-hybridized carbons (Fsp3) is 0.133. The van der Waals surface area contributed by atoms with E-state index < -0.39 is 22.5 Å². The Morgan fingerprint density at radius 1 is 1.20 bits per heavy atom. The number of carbonyl (C=O) groups is 1. The third-order valence-electron chi connectivity index (χ3n) is 2.84. The van der Waals surface area contributed by atoms with Crippen LogP contribution in [0.15, 0.2) is 42.5 Å². The summed E-state index contributed by atoms with van der Waals surface area (Å²) in [6, 6.07) is 9.49. The minimum absolute atomic E-state index is 0.0478. The first-order chi connectivity index (χ1) is 11.6. The summed E-state index contributed by atoms with van der Waals surface area (Å²) < 4.78 is 53.5. The molecule has 0 spiro atoms. The normalized spacial score (nSPS) is 11.2.